The van der Waals surface area contributed by atoms with Crippen molar-refractivity contribution in [1.29, 1.82) is 0 Å². The molecule has 0 aliphatic rings. The van der Waals surface area contributed by atoms with E-state index in [0.29, 0.717) is 11.5 Å². The molecule has 1 rings (SSSR count). The first-order chi connectivity index (χ1) is 8.52. The maximum Gasteiger partial charge on any atom is 0.357 e. The van der Waals surface area contributed by atoms with Crippen molar-refractivity contribution in [2.45, 2.75) is 52.7 Å². The van der Waals surface area contributed by atoms with Crippen molar-refractivity contribution in [3.63, 3.8) is 0 Å². The number of hydrogen-bond donors (Lipinski definition) is 1. The molecule has 0 saturated heterocycles. The summed E-state index contributed by atoms with van der Waals surface area (Å²) in [5.74, 6) is 0.339. The van der Waals surface area contributed by atoms with E-state index in [-0.39, 0.29) is 18.1 Å². The van der Waals surface area contributed by atoms with Gasteiger partial charge in [0, 0.05) is 6.04 Å². The summed E-state index contributed by atoms with van der Waals surface area (Å²) in [5.41, 5.74) is 0.351. The van der Waals surface area contributed by atoms with E-state index in [0.717, 1.165) is 12.8 Å². The monoisotopic (exact) mass is 250 g/mol. The molecule has 0 radical (unpaired) electrons. The summed E-state index contributed by atoms with van der Waals surface area (Å²) in [6, 6.07) is 5.60. The van der Waals surface area contributed by atoms with Crippen molar-refractivity contribution >= 4 is 11.8 Å². The van der Waals surface area contributed by atoms with Gasteiger partial charge in [-0.3, -0.25) is 0 Å². The van der Waals surface area contributed by atoms with Crippen LogP contribution >= 0.6 is 0 Å². The number of hydrogen-bond acceptors (Lipinski definition) is 4. The number of anilines is 1. The molecular formula is C14H22N2O2. The summed E-state index contributed by atoms with van der Waals surface area (Å²) in [7, 11) is 0. The number of esters is 1. The molecule has 1 unspecified atom stereocenters. The van der Waals surface area contributed by atoms with E-state index in [1.54, 1.807) is 12.1 Å². The second-order valence-corrected chi connectivity index (χ2v) is 4.71. The van der Waals surface area contributed by atoms with Gasteiger partial charge in [0.1, 0.15) is 5.82 Å². The number of nitrogens with zero attached hydrogens (tertiary/aromatic N) is 1. The molecule has 1 aromatic rings. The molecule has 0 aliphatic carbocycles. The lowest BCUT2D eigenvalue weighted by atomic mass is 10.2. The normalized spacial score (nSPS) is 12.3. The fraction of sp³-hybridized carbons (Fsp3) is 0.571. The molecule has 4 heteroatoms. The molecule has 0 saturated carbocycles. The highest BCUT2D eigenvalue weighted by Crippen LogP contribution is 2.10. The Bertz CT molecular complexity index is 391. The van der Waals surface area contributed by atoms with Gasteiger partial charge in [-0.1, -0.05) is 19.4 Å². The standard InChI is InChI=1S/C14H22N2O2/c1-5-7-11(4)18-14(17)12-8-6-9-13(16-12)15-10(2)3/h6,8-11H,5,7H2,1-4H3,(H,15,16). The predicted octanol–water partition coefficient (Wildman–Crippen LogP) is 3.25. The first-order valence-corrected chi connectivity index (χ1v) is 6.47. The molecular weight excluding hydrogens is 228 g/mol. The van der Waals surface area contributed by atoms with Crippen LogP contribution in [-0.2, 0) is 4.74 Å². The maximum atomic E-state index is 11.9. The Morgan fingerprint density at radius 1 is 1.39 bits per heavy atom. The average Bonchev–Trinajstić information content (AvgIpc) is 2.28. The zero-order valence-electron chi connectivity index (χ0n) is 11.6. The molecule has 0 spiro atoms. The third kappa shape index (κ3) is 4.73. The topological polar surface area (TPSA) is 51.2 Å². The van der Waals surface area contributed by atoms with Crippen LogP contribution in [0.1, 0.15) is 51.0 Å². The SMILES string of the molecule is CCCC(C)OC(=O)c1cccc(NC(C)C)n1. The molecule has 0 fully saturated rings. The van der Waals surface area contributed by atoms with Crippen molar-refractivity contribution in [3.05, 3.63) is 23.9 Å². The van der Waals surface area contributed by atoms with Gasteiger partial charge in [-0.15, -0.1) is 0 Å². The lowest BCUT2D eigenvalue weighted by molar-refractivity contribution is 0.0316. The van der Waals surface area contributed by atoms with Crippen LogP contribution in [0.25, 0.3) is 0 Å². The number of nitrogens with one attached hydrogen (secondary N) is 1. The van der Waals surface area contributed by atoms with E-state index < -0.39 is 0 Å². The van der Waals surface area contributed by atoms with E-state index in [2.05, 4.69) is 17.2 Å². The second kappa shape index (κ2) is 6.99. The van der Waals surface area contributed by atoms with Crippen molar-refractivity contribution in [2.24, 2.45) is 0 Å². The highest BCUT2D eigenvalue weighted by molar-refractivity contribution is 5.87. The minimum Gasteiger partial charge on any atom is -0.458 e. The van der Waals surface area contributed by atoms with E-state index in [9.17, 15) is 4.79 Å². The van der Waals surface area contributed by atoms with Gasteiger partial charge in [0.05, 0.1) is 6.10 Å². The quantitative estimate of drug-likeness (QED) is 0.787. The first-order valence-electron chi connectivity index (χ1n) is 6.47. The fourth-order valence-electron chi connectivity index (χ4n) is 1.63. The molecule has 0 aliphatic heterocycles. The van der Waals surface area contributed by atoms with E-state index >= 15 is 0 Å². The summed E-state index contributed by atoms with van der Waals surface area (Å²) in [6.07, 6.45) is 1.80. The Morgan fingerprint density at radius 3 is 2.72 bits per heavy atom. The third-order valence-corrected chi connectivity index (χ3v) is 2.40. The summed E-state index contributed by atoms with van der Waals surface area (Å²) in [6.45, 7) is 8.01. The van der Waals surface area contributed by atoms with E-state index in [1.165, 1.54) is 0 Å². The van der Waals surface area contributed by atoms with Gasteiger partial charge in [0.15, 0.2) is 5.69 Å². The number of rotatable bonds is 6. The zero-order valence-corrected chi connectivity index (χ0v) is 11.6. The van der Waals surface area contributed by atoms with Gasteiger partial charge in [-0.05, 0) is 39.3 Å². The Morgan fingerprint density at radius 2 is 2.11 bits per heavy atom. The summed E-state index contributed by atoms with van der Waals surface area (Å²) in [4.78, 5) is 16.1. The molecule has 0 aromatic carbocycles. The summed E-state index contributed by atoms with van der Waals surface area (Å²) < 4.78 is 5.31. The summed E-state index contributed by atoms with van der Waals surface area (Å²) in [5, 5.41) is 3.16. The van der Waals surface area contributed by atoms with E-state index in [1.807, 2.05) is 26.8 Å². The van der Waals surface area contributed by atoms with Crippen molar-refractivity contribution in [3.8, 4) is 0 Å². The lowest BCUT2D eigenvalue weighted by Gasteiger charge is -2.13. The van der Waals surface area contributed by atoms with Crippen LogP contribution in [0.5, 0.6) is 0 Å². The Hall–Kier alpha value is -1.58. The van der Waals surface area contributed by atoms with Crippen LogP contribution in [0.3, 0.4) is 0 Å². The largest absolute Gasteiger partial charge is 0.458 e. The second-order valence-electron chi connectivity index (χ2n) is 4.71. The molecule has 1 aromatic heterocycles. The Kier molecular flexibility index (Phi) is 5.62. The van der Waals surface area contributed by atoms with E-state index in [4.69, 9.17) is 4.74 Å². The number of ether oxygens (including phenoxy) is 1. The molecule has 100 valence electrons. The molecule has 0 amide bonds. The van der Waals surface area contributed by atoms with Crippen molar-refractivity contribution in [2.75, 3.05) is 5.32 Å². The van der Waals surface area contributed by atoms with Gasteiger partial charge < -0.3 is 10.1 Å². The van der Waals surface area contributed by atoms with Crippen molar-refractivity contribution < 1.29 is 9.53 Å². The van der Waals surface area contributed by atoms with Gasteiger partial charge in [-0.25, -0.2) is 9.78 Å². The third-order valence-electron chi connectivity index (χ3n) is 2.40. The Labute approximate surface area is 109 Å². The maximum absolute atomic E-state index is 11.9. The minimum absolute atomic E-state index is 0.0639. The fourth-order valence-corrected chi connectivity index (χ4v) is 1.63. The molecule has 4 nitrogen and oxygen atoms in total. The van der Waals surface area contributed by atoms with Crippen LogP contribution in [0, 0.1) is 0 Å². The average molecular weight is 250 g/mol. The lowest BCUT2D eigenvalue weighted by Crippen LogP contribution is -2.17. The van der Waals surface area contributed by atoms with Gasteiger partial charge >= 0.3 is 5.97 Å². The molecule has 1 heterocycles. The number of pyridine rings is 1. The van der Waals surface area contributed by atoms with Crippen molar-refractivity contribution in [1.82, 2.24) is 4.98 Å². The highest BCUT2D eigenvalue weighted by Gasteiger charge is 2.13. The molecule has 18 heavy (non-hydrogen) atoms. The Balaban J connectivity index is 2.68. The van der Waals surface area contributed by atoms with Crippen LogP contribution in [0.4, 0.5) is 5.82 Å². The molecule has 1 atom stereocenters. The highest BCUT2D eigenvalue weighted by atomic mass is 16.5. The first kappa shape index (κ1) is 14.5. The number of carbonyl (C=O) groups is 1. The zero-order chi connectivity index (χ0) is 13.5. The summed E-state index contributed by atoms with van der Waals surface area (Å²) >= 11 is 0. The molecule has 0 bridgehead atoms. The van der Waals surface area contributed by atoms with Gasteiger partial charge in [-0.2, -0.15) is 0 Å². The number of carbonyl (C=O) groups excluding carboxylic acids is 1. The smallest absolute Gasteiger partial charge is 0.357 e. The van der Waals surface area contributed by atoms with Gasteiger partial charge in [0.25, 0.3) is 0 Å². The minimum atomic E-state index is -0.358. The van der Waals surface area contributed by atoms with Crippen LogP contribution in [0.2, 0.25) is 0 Å². The number of aromatic nitrogens is 1. The predicted molar refractivity (Wildman–Crippen MR) is 72.8 cm³/mol. The van der Waals surface area contributed by atoms with Crippen LogP contribution in [-0.4, -0.2) is 23.1 Å². The van der Waals surface area contributed by atoms with Gasteiger partial charge in [0.2, 0.25) is 0 Å². The van der Waals surface area contributed by atoms with Crippen LogP contribution < -0.4 is 5.32 Å². The molecule has 1 N–H and O–H groups in total. The van der Waals surface area contributed by atoms with Crippen LogP contribution in [0.15, 0.2) is 18.2 Å².